The molecule has 1 heterocycles. The molecule has 0 saturated heterocycles. The second-order valence-corrected chi connectivity index (χ2v) is 8.70. The lowest BCUT2D eigenvalue weighted by atomic mass is 10.0. The number of thioether (sulfide) groups is 1. The molecule has 0 atom stereocenters. The highest BCUT2D eigenvalue weighted by Gasteiger charge is 2.21. The van der Waals surface area contributed by atoms with E-state index in [0.717, 1.165) is 28.0 Å². The molecule has 6 nitrogen and oxygen atoms in total. The topological polar surface area (TPSA) is 67.2 Å². The van der Waals surface area contributed by atoms with Gasteiger partial charge in [-0.3, -0.25) is 9.59 Å². The maximum absolute atomic E-state index is 13.0. The van der Waals surface area contributed by atoms with E-state index in [-0.39, 0.29) is 17.1 Å². The van der Waals surface area contributed by atoms with E-state index >= 15 is 0 Å². The third kappa shape index (κ3) is 5.04. The Labute approximate surface area is 185 Å². The molecule has 0 spiro atoms. The number of hydrogen-bond acceptors (Lipinski definition) is 4. The molecule has 8 heteroatoms. The van der Waals surface area contributed by atoms with Gasteiger partial charge in [0.25, 0.3) is 11.1 Å². The molecule has 0 bridgehead atoms. The van der Waals surface area contributed by atoms with Crippen LogP contribution in [0.25, 0.3) is 5.69 Å². The number of carbonyl (C=O) groups excluding carboxylic acids is 2. The monoisotopic (exact) mass is 442 g/mol. The lowest BCUT2D eigenvalue weighted by Gasteiger charge is -2.14. The smallest absolute Gasteiger partial charge is 0.285 e. The van der Waals surface area contributed by atoms with E-state index in [1.54, 1.807) is 49.2 Å². The van der Waals surface area contributed by atoms with Crippen LogP contribution in [0, 0.1) is 0 Å². The zero-order valence-corrected chi connectivity index (χ0v) is 18.8. The number of hydrogen-bond donors (Lipinski definition) is 1. The molecular weight excluding hydrogens is 420 g/mol. The van der Waals surface area contributed by atoms with Crippen molar-refractivity contribution in [3.63, 3.8) is 0 Å². The summed E-state index contributed by atoms with van der Waals surface area (Å²) in [6, 6.07) is 14.6. The Morgan fingerprint density at radius 1 is 1.13 bits per heavy atom. The number of amides is 2. The van der Waals surface area contributed by atoms with Crippen LogP contribution in [0.3, 0.4) is 0 Å². The first-order valence-corrected chi connectivity index (χ1v) is 10.6. The lowest BCUT2D eigenvalue weighted by Crippen LogP contribution is -2.16. The Balaban J connectivity index is 1.87. The molecule has 2 amide bonds. The van der Waals surface area contributed by atoms with Crippen LogP contribution in [0.4, 0.5) is 10.5 Å². The van der Waals surface area contributed by atoms with Gasteiger partial charge in [-0.2, -0.15) is 5.10 Å². The number of rotatable bonds is 5. The summed E-state index contributed by atoms with van der Waals surface area (Å²) in [4.78, 5) is 27.2. The Bertz CT molecular complexity index is 1080. The Kier molecular flexibility index (Phi) is 6.84. The second kappa shape index (κ2) is 9.36. The Hall–Kier alpha value is -2.77. The molecule has 1 aromatic heterocycles. The van der Waals surface area contributed by atoms with Gasteiger partial charge in [-0.1, -0.05) is 37.6 Å². The van der Waals surface area contributed by atoms with Gasteiger partial charge in [0.2, 0.25) is 0 Å². The standard InChI is InChI=1S/C22H23ClN4O2S/c1-14(2)20-19(13-24-27(20)17-9-5-7-15(23)11-17)21(28)25-16-8-6-10-18(12-16)30-22(29)26(3)4/h5-14H,1-4H3,(H,25,28). The zero-order valence-electron chi connectivity index (χ0n) is 17.2. The Morgan fingerprint density at radius 3 is 2.53 bits per heavy atom. The number of nitrogens with one attached hydrogen (secondary N) is 1. The van der Waals surface area contributed by atoms with Crippen molar-refractivity contribution in [3.05, 3.63) is 71.0 Å². The molecule has 156 valence electrons. The summed E-state index contributed by atoms with van der Waals surface area (Å²) in [6.45, 7) is 4.03. The third-order valence-electron chi connectivity index (χ3n) is 4.31. The van der Waals surface area contributed by atoms with Crippen molar-refractivity contribution in [2.24, 2.45) is 0 Å². The van der Waals surface area contributed by atoms with Gasteiger partial charge in [0.15, 0.2) is 0 Å². The van der Waals surface area contributed by atoms with Gasteiger partial charge in [-0.05, 0) is 54.1 Å². The molecule has 0 aliphatic heterocycles. The number of aromatic nitrogens is 2. The summed E-state index contributed by atoms with van der Waals surface area (Å²) < 4.78 is 1.74. The number of carbonyl (C=O) groups is 2. The molecule has 30 heavy (non-hydrogen) atoms. The first-order valence-electron chi connectivity index (χ1n) is 9.40. The maximum atomic E-state index is 13.0. The second-order valence-electron chi connectivity index (χ2n) is 7.23. The molecular formula is C22H23ClN4O2S. The fourth-order valence-electron chi connectivity index (χ4n) is 2.93. The summed E-state index contributed by atoms with van der Waals surface area (Å²) >= 11 is 7.23. The quantitative estimate of drug-likeness (QED) is 0.516. The summed E-state index contributed by atoms with van der Waals surface area (Å²) in [5.74, 6) is -0.195. The van der Waals surface area contributed by atoms with E-state index in [1.165, 1.54) is 4.90 Å². The van der Waals surface area contributed by atoms with E-state index in [1.807, 2.05) is 38.1 Å². The molecule has 0 fully saturated rings. The average Bonchev–Trinajstić information content (AvgIpc) is 3.14. The average molecular weight is 443 g/mol. The predicted molar refractivity (Wildman–Crippen MR) is 122 cm³/mol. The summed E-state index contributed by atoms with van der Waals surface area (Å²) in [6.07, 6.45) is 1.57. The summed E-state index contributed by atoms with van der Waals surface area (Å²) in [5.41, 5.74) is 2.70. The van der Waals surface area contributed by atoms with Crippen LogP contribution in [0.15, 0.2) is 59.6 Å². The van der Waals surface area contributed by atoms with E-state index in [2.05, 4.69) is 10.4 Å². The SMILES string of the molecule is CC(C)c1c(C(=O)Nc2cccc(SC(=O)N(C)C)c2)cnn1-c1cccc(Cl)c1. The number of anilines is 1. The lowest BCUT2D eigenvalue weighted by molar-refractivity contribution is 0.102. The van der Waals surface area contributed by atoms with E-state index < -0.39 is 0 Å². The largest absolute Gasteiger partial charge is 0.339 e. The van der Waals surface area contributed by atoms with Crippen molar-refractivity contribution < 1.29 is 9.59 Å². The van der Waals surface area contributed by atoms with Crippen LogP contribution in [0.5, 0.6) is 0 Å². The minimum atomic E-state index is -0.256. The van der Waals surface area contributed by atoms with Crippen molar-refractivity contribution in [1.29, 1.82) is 0 Å². The van der Waals surface area contributed by atoms with Crippen LogP contribution in [-0.2, 0) is 0 Å². The van der Waals surface area contributed by atoms with E-state index in [4.69, 9.17) is 11.6 Å². The molecule has 0 radical (unpaired) electrons. The predicted octanol–water partition coefficient (Wildman–Crippen LogP) is 5.68. The number of nitrogens with zero attached hydrogens (tertiary/aromatic N) is 3. The number of benzene rings is 2. The fourth-order valence-corrected chi connectivity index (χ4v) is 3.83. The highest BCUT2D eigenvalue weighted by molar-refractivity contribution is 8.13. The van der Waals surface area contributed by atoms with Gasteiger partial charge in [-0.25, -0.2) is 4.68 Å². The molecule has 0 unspecified atom stereocenters. The van der Waals surface area contributed by atoms with E-state index in [0.29, 0.717) is 16.3 Å². The zero-order chi connectivity index (χ0) is 21.8. The highest BCUT2D eigenvalue weighted by Crippen LogP contribution is 2.27. The van der Waals surface area contributed by atoms with Crippen LogP contribution >= 0.6 is 23.4 Å². The molecule has 0 aliphatic carbocycles. The minimum Gasteiger partial charge on any atom is -0.339 e. The molecule has 3 rings (SSSR count). The highest BCUT2D eigenvalue weighted by atomic mass is 35.5. The van der Waals surface area contributed by atoms with Gasteiger partial charge < -0.3 is 10.2 Å². The fraction of sp³-hybridized carbons (Fsp3) is 0.227. The first kappa shape index (κ1) is 21.9. The molecule has 0 aliphatic rings. The van der Waals surface area contributed by atoms with Crippen LogP contribution < -0.4 is 5.32 Å². The molecule has 0 saturated carbocycles. The van der Waals surface area contributed by atoms with Gasteiger partial charge in [0.05, 0.1) is 23.1 Å². The van der Waals surface area contributed by atoms with Crippen molar-refractivity contribution in [2.75, 3.05) is 19.4 Å². The summed E-state index contributed by atoms with van der Waals surface area (Å²) in [7, 11) is 3.40. The number of halogens is 1. The van der Waals surface area contributed by atoms with Crippen molar-refractivity contribution in [1.82, 2.24) is 14.7 Å². The first-order chi connectivity index (χ1) is 14.3. The van der Waals surface area contributed by atoms with Gasteiger partial charge >= 0.3 is 0 Å². The van der Waals surface area contributed by atoms with Crippen LogP contribution in [0.1, 0.15) is 35.8 Å². The molecule has 1 N–H and O–H groups in total. The molecule has 2 aromatic carbocycles. The third-order valence-corrected chi connectivity index (χ3v) is 5.58. The van der Waals surface area contributed by atoms with Gasteiger partial charge in [0, 0.05) is 29.7 Å². The normalized spacial score (nSPS) is 10.9. The summed E-state index contributed by atoms with van der Waals surface area (Å²) in [5, 5.41) is 7.87. The molecule has 3 aromatic rings. The van der Waals surface area contributed by atoms with Gasteiger partial charge in [-0.15, -0.1) is 0 Å². The maximum Gasteiger partial charge on any atom is 0.285 e. The van der Waals surface area contributed by atoms with Crippen molar-refractivity contribution >= 4 is 40.2 Å². The van der Waals surface area contributed by atoms with Crippen LogP contribution in [-0.4, -0.2) is 39.9 Å². The Morgan fingerprint density at radius 2 is 1.87 bits per heavy atom. The minimum absolute atomic E-state index is 0.0619. The van der Waals surface area contributed by atoms with Crippen molar-refractivity contribution in [2.45, 2.75) is 24.7 Å². The van der Waals surface area contributed by atoms with Gasteiger partial charge in [0.1, 0.15) is 0 Å². The van der Waals surface area contributed by atoms with Crippen LogP contribution in [0.2, 0.25) is 5.02 Å². The van der Waals surface area contributed by atoms with Crippen molar-refractivity contribution in [3.8, 4) is 5.69 Å². The van der Waals surface area contributed by atoms with E-state index in [9.17, 15) is 9.59 Å².